The van der Waals surface area contributed by atoms with Crippen LogP contribution in [0, 0.1) is 29.1 Å². The fraction of sp³-hybridized carbons (Fsp3) is 0.677. The molecule has 0 aliphatic heterocycles. The van der Waals surface area contributed by atoms with E-state index in [1.54, 1.807) is 13.8 Å². The Labute approximate surface area is 242 Å². The number of carbonyl (C=O) groups is 6. The third kappa shape index (κ3) is 7.92. The molecule has 0 aromatic rings. The van der Waals surface area contributed by atoms with Crippen LogP contribution < -0.4 is 0 Å². The number of allylic oxidation sites excluding steroid dienone is 3. The Bertz CT molecular complexity index is 1100. The van der Waals surface area contributed by atoms with E-state index in [0.29, 0.717) is 12.0 Å². The molecule has 0 radical (unpaired) electrons. The van der Waals surface area contributed by atoms with Gasteiger partial charge in [0.1, 0.15) is 12.2 Å². The van der Waals surface area contributed by atoms with Crippen molar-refractivity contribution in [3.05, 3.63) is 23.7 Å². The first kappa shape index (κ1) is 33.9. The minimum atomic E-state index is -1.55. The van der Waals surface area contributed by atoms with E-state index in [1.165, 1.54) is 27.7 Å². The summed E-state index contributed by atoms with van der Waals surface area (Å²) in [5.74, 6) is -6.83. The molecule has 0 amide bonds. The predicted octanol–water partition coefficient (Wildman–Crippen LogP) is 4.78. The van der Waals surface area contributed by atoms with Crippen LogP contribution in [0.5, 0.6) is 0 Å². The molecule has 0 spiro atoms. The van der Waals surface area contributed by atoms with Gasteiger partial charge in [0.2, 0.25) is 5.78 Å². The van der Waals surface area contributed by atoms with Gasteiger partial charge >= 0.3 is 23.9 Å². The molecule has 7 atom stereocenters. The molecule has 2 rings (SSSR count). The molecule has 1 fully saturated rings. The summed E-state index contributed by atoms with van der Waals surface area (Å²) in [5.41, 5.74) is -1.23. The molecular weight excluding hydrogens is 532 g/mol. The molecule has 0 unspecified atom stereocenters. The average molecular weight is 577 g/mol. The lowest BCUT2D eigenvalue weighted by Crippen LogP contribution is -2.62. The smallest absolute Gasteiger partial charge is 0.308 e. The molecule has 1 saturated carbocycles. The lowest BCUT2D eigenvalue weighted by Gasteiger charge is -2.54. The summed E-state index contributed by atoms with van der Waals surface area (Å²) >= 11 is 0. The molecule has 0 N–H and O–H groups in total. The van der Waals surface area contributed by atoms with E-state index >= 15 is 0 Å². The van der Waals surface area contributed by atoms with Crippen molar-refractivity contribution in [1.82, 2.24) is 0 Å². The van der Waals surface area contributed by atoms with E-state index in [0.717, 1.165) is 38.0 Å². The van der Waals surface area contributed by atoms with Gasteiger partial charge in [-0.2, -0.15) is 0 Å². The SMILES string of the molecule is CCCCCC[C@@H](C)C1=C(OC(C)=O)C(=O)[C@@H]2[C@H](OC(C)=O)[C@H](C)C[C@H](OC(C)=O)[C@H]2[C@]1(C)C(=O)/C=C/OC(C)=O. The van der Waals surface area contributed by atoms with Crippen LogP contribution in [0.25, 0.3) is 0 Å². The normalized spacial score (nSPS) is 28.5. The fourth-order valence-corrected chi connectivity index (χ4v) is 6.56. The highest BCUT2D eigenvalue weighted by Crippen LogP contribution is 2.57. The van der Waals surface area contributed by atoms with Crippen LogP contribution in [0.2, 0.25) is 0 Å². The number of rotatable bonds is 12. The van der Waals surface area contributed by atoms with Crippen LogP contribution in [-0.4, -0.2) is 47.7 Å². The van der Waals surface area contributed by atoms with Crippen molar-refractivity contribution in [2.45, 2.75) is 106 Å². The van der Waals surface area contributed by atoms with Gasteiger partial charge in [-0.05, 0) is 37.2 Å². The van der Waals surface area contributed by atoms with Crippen LogP contribution in [0.15, 0.2) is 23.7 Å². The summed E-state index contributed by atoms with van der Waals surface area (Å²) in [6, 6.07) is 0. The molecule has 0 aromatic heterocycles. The zero-order valence-corrected chi connectivity index (χ0v) is 25.4. The quantitative estimate of drug-likeness (QED) is 0.105. The van der Waals surface area contributed by atoms with Gasteiger partial charge in [-0.1, -0.05) is 46.5 Å². The van der Waals surface area contributed by atoms with Crippen molar-refractivity contribution in [2.75, 3.05) is 0 Å². The van der Waals surface area contributed by atoms with Crippen molar-refractivity contribution in [3.63, 3.8) is 0 Å². The number of hydrogen-bond donors (Lipinski definition) is 0. The van der Waals surface area contributed by atoms with Crippen molar-refractivity contribution in [3.8, 4) is 0 Å². The van der Waals surface area contributed by atoms with E-state index in [1.807, 2.05) is 6.92 Å². The number of hydrogen-bond acceptors (Lipinski definition) is 10. The van der Waals surface area contributed by atoms with Crippen molar-refractivity contribution in [1.29, 1.82) is 0 Å². The van der Waals surface area contributed by atoms with Crippen molar-refractivity contribution in [2.24, 2.45) is 29.1 Å². The van der Waals surface area contributed by atoms with Crippen LogP contribution in [0.4, 0.5) is 0 Å². The number of carbonyl (C=O) groups excluding carboxylic acids is 6. The molecule has 2 aliphatic rings. The monoisotopic (exact) mass is 576 g/mol. The lowest BCUT2D eigenvalue weighted by atomic mass is 9.50. The maximum Gasteiger partial charge on any atom is 0.308 e. The van der Waals surface area contributed by atoms with Gasteiger partial charge < -0.3 is 18.9 Å². The van der Waals surface area contributed by atoms with Gasteiger partial charge in [0.15, 0.2) is 11.5 Å². The largest absolute Gasteiger partial charge is 0.462 e. The van der Waals surface area contributed by atoms with Gasteiger partial charge in [-0.3, -0.25) is 28.8 Å². The zero-order valence-electron chi connectivity index (χ0n) is 25.4. The Morgan fingerprint density at radius 2 is 1.59 bits per heavy atom. The molecule has 2 aliphatic carbocycles. The zero-order chi connectivity index (χ0) is 31.1. The summed E-state index contributed by atoms with van der Waals surface area (Å²) < 4.78 is 21.9. The summed E-state index contributed by atoms with van der Waals surface area (Å²) in [6.07, 6.45) is 4.85. The van der Waals surface area contributed by atoms with Gasteiger partial charge in [0.05, 0.1) is 17.6 Å². The summed E-state index contributed by atoms with van der Waals surface area (Å²) in [4.78, 5) is 76.7. The molecular formula is C31H44O10. The first-order chi connectivity index (χ1) is 19.2. The first-order valence-electron chi connectivity index (χ1n) is 14.4. The Balaban J connectivity index is 2.90. The Morgan fingerprint density at radius 1 is 0.951 bits per heavy atom. The second kappa shape index (κ2) is 14.5. The molecule has 0 saturated heterocycles. The second-order valence-corrected chi connectivity index (χ2v) is 11.4. The van der Waals surface area contributed by atoms with Crippen LogP contribution in [0.3, 0.4) is 0 Å². The molecule has 0 bridgehead atoms. The van der Waals surface area contributed by atoms with Crippen molar-refractivity contribution >= 4 is 35.4 Å². The standard InChI is InChI=1S/C31H44O10/c1-9-10-11-12-13-17(2)26-30(41-22(7)35)28(37)25-27(31(26,8)24(36)14-15-38-19(4)32)23(39-20(5)33)16-18(3)29(25)40-21(6)34/h14-15,17-18,23,25,27,29H,9-13,16H2,1-8H3/b15-14+/t17-,18-,23+,25-,27-,29-,31-/m1/s1. The number of ether oxygens (including phenoxy) is 4. The van der Waals surface area contributed by atoms with Crippen LogP contribution in [-0.2, 0) is 47.7 Å². The molecule has 0 aromatic carbocycles. The van der Waals surface area contributed by atoms with Gasteiger partial charge in [0, 0.05) is 39.7 Å². The Morgan fingerprint density at radius 3 is 2.12 bits per heavy atom. The first-order valence-corrected chi connectivity index (χ1v) is 14.4. The molecule has 10 nitrogen and oxygen atoms in total. The lowest BCUT2D eigenvalue weighted by molar-refractivity contribution is -0.187. The summed E-state index contributed by atoms with van der Waals surface area (Å²) in [6.45, 7) is 12.2. The number of esters is 4. The Kier molecular flexibility index (Phi) is 12.0. The highest BCUT2D eigenvalue weighted by Gasteiger charge is 2.64. The van der Waals surface area contributed by atoms with Crippen LogP contribution in [0.1, 0.15) is 93.9 Å². The maximum atomic E-state index is 14.3. The van der Waals surface area contributed by atoms with Gasteiger partial charge in [-0.25, -0.2) is 0 Å². The number of fused-ring (bicyclic) bond motifs is 1. The molecule has 10 heteroatoms. The minimum Gasteiger partial charge on any atom is -0.462 e. The minimum absolute atomic E-state index is 0.226. The fourth-order valence-electron chi connectivity index (χ4n) is 6.56. The summed E-state index contributed by atoms with van der Waals surface area (Å²) in [5, 5.41) is 0. The highest BCUT2D eigenvalue weighted by atomic mass is 16.6. The summed E-state index contributed by atoms with van der Waals surface area (Å²) in [7, 11) is 0. The van der Waals surface area contributed by atoms with E-state index in [4.69, 9.17) is 18.9 Å². The Hall–Kier alpha value is -3.30. The molecule has 0 heterocycles. The second-order valence-electron chi connectivity index (χ2n) is 11.4. The topological polar surface area (TPSA) is 139 Å². The maximum absolute atomic E-state index is 14.3. The van der Waals surface area contributed by atoms with E-state index in [-0.39, 0.29) is 18.1 Å². The van der Waals surface area contributed by atoms with E-state index in [2.05, 4.69) is 6.92 Å². The van der Waals surface area contributed by atoms with Gasteiger partial charge in [0.25, 0.3) is 0 Å². The van der Waals surface area contributed by atoms with Crippen LogP contribution >= 0.6 is 0 Å². The average Bonchev–Trinajstić information content (AvgIpc) is 2.85. The predicted molar refractivity (Wildman–Crippen MR) is 148 cm³/mol. The number of Topliss-reactive ketones (excluding diaryl/α,β-unsaturated/α-hetero) is 1. The van der Waals surface area contributed by atoms with Gasteiger partial charge in [-0.15, -0.1) is 0 Å². The highest BCUT2D eigenvalue weighted by molar-refractivity contribution is 6.06. The number of unbranched alkanes of at least 4 members (excludes halogenated alkanes) is 3. The van der Waals surface area contributed by atoms with Crippen molar-refractivity contribution < 1.29 is 47.7 Å². The molecule has 41 heavy (non-hydrogen) atoms. The third-order valence-corrected chi connectivity index (χ3v) is 8.12. The molecule has 228 valence electrons. The number of ketones is 2. The van der Waals surface area contributed by atoms with E-state index < -0.39 is 70.8 Å². The third-order valence-electron chi connectivity index (χ3n) is 8.12. The van der Waals surface area contributed by atoms with E-state index in [9.17, 15) is 28.8 Å².